The van der Waals surface area contributed by atoms with E-state index >= 15 is 0 Å². The molecule has 0 aliphatic heterocycles. The first-order chi connectivity index (χ1) is 25.3. The van der Waals surface area contributed by atoms with E-state index in [1.807, 2.05) is 61.6 Å². The molecule has 0 saturated carbocycles. The molecule has 3 heterocycles. The minimum absolute atomic E-state index is 0. The van der Waals surface area contributed by atoms with E-state index in [2.05, 4.69) is 45.5 Å². The zero-order valence-electron chi connectivity index (χ0n) is 27.9. The topological polar surface area (TPSA) is 270 Å². The summed E-state index contributed by atoms with van der Waals surface area (Å²) in [6.07, 6.45) is 11.1. The number of allylic oxidation sites excluding steroid dienone is 6. The van der Waals surface area contributed by atoms with Gasteiger partial charge in [0, 0.05) is 76.1 Å². The summed E-state index contributed by atoms with van der Waals surface area (Å²) in [6, 6.07) is 7.99. The first-order valence-corrected chi connectivity index (χ1v) is 17.0. The fourth-order valence-corrected chi connectivity index (χ4v) is 5.27. The number of aromatic nitrogens is 3. The van der Waals surface area contributed by atoms with Crippen molar-refractivity contribution in [2.24, 2.45) is 37.7 Å². The fraction of sp³-hybridized carbons (Fsp3) is 0.100. The van der Waals surface area contributed by atoms with E-state index in [1.165, 1.54) is 24.3 Å². The van der Waals surface area contributed by atoms with Crippen LogP contribution in [0.1, 0.15) is 0 Å². The van der Waals surface area contributed by atoms with Gasteiger partial charge in [0.05, 0.1) is 22.0 Å². The number of carbonyl (C=O) groups excluding carboxylic acids is 2. The van der Waals surface area contributed by atoms with Crippen molar-refractivity contribution in [2.45, 2.75) is 0 Å². The summed E-state index contributed by atoms with van der Waals surface area (Å²) in [5.74, 6) is -1.32. The molecule has 1 aromatic carbocycles. The Balaban J connectivity index is 0.000000216. The third kappa shape index (κ3) is 12.7. The number of hydrogen-bond acceptors (Lipinski definition) is 18. The van der Waals surface area contributed by atoms with Crippen LogP contribution in [0.2, 0.25) is 0 Å². The van der Waals surface area contributed by atoms with E-state index < -0.39 is 9.85 Å². The second-order valence-electron chi connectivity index (χ2n) is 10.1. The van der Waals surface area contributed by atoms with E-state index in [4.69, 9.17) is 0 Å². The van der Waals surface area contributed by atoms with Crippen molar-refractivity contribution >= 4 is 83.5 Å². The smallest absolute Gasteiger partial charge is 0.408 e. The molecule has 0 bridgehead atoms. The minimum atomic E-state index is -0.583. The van der Waals surface area contributed by atoms with Crippen LogP contribution in [0.25, 0.3) is 0 Å². The molecule has 6 rings (SSSR count). The van der Waals surface area contributed by atoms with E-state index in [0.717, 1.165) is 63.7 Å². The Bertz CT molecular complexity index is 2260. The number of ketones is 2. The Labute approximate surface area is 325 Å². The molecule has 0 saturated heterocycles. The summed E-state index contributed by atoms with van der Waals surface area (Å²) >= 11 is 3.08. The molecule has 0 amide bonds. The Morgan fingerprint density at radius 2 is 1.24 bits per heavy atom. The van der Waals surface area contributed by atoms with Crippen molar-refractivity contribution in [3.8, 4) is 0 Å². The second kappa shape index (κ2) is 20.0. The predicted octanol–water partition coefficient (Wildman–Crippen LogP) is 3.95. The zero-order chi connectivity index (χ0) is 38.5. The maximum Gasteiger partial charge on any atom is 0.408 e. The third-order valence-electron chi connectivity index (χ3n) is 6.08. The summed E-state index contributed by atoms with van der Waals surface area (Å²) < 4.78 is 1.95. The maximum atomic E-state index is 10.9. The van der Waals surface area contributed by atoms with Gasteiger partial charge >= 0.3 is 15.1 Å². The Morgan fingerprint density at radius 1 is 0.759 bits per heavy atom. The van der Waals surface area contributed by atoms with Gasteiger partial charge in [-0.15, -0.1) is 0 Å². The molecule has 0 spiro atoms. The maximum absolute atomic E-state index is 10.9. The number of azo groups is 1. The average Bonchev–Trinajstić information content (AvgIpc) is 3.89. The first-order valence-electron chi connectivity index (χ1n) is 14.4. The summed E-state index contributed by atoms with van der Waals surface area (Å²) in [4.78, 5) is 51.0. The van der Waals surface area contributed by atoms with Crippen LogP contribution in [0.4, 0.5) is 26.5 Å². The Hall–Kier alpha value is -6.34. The van der Waals surface area contributed by atoms with Gasteiger partial charge in [-0.25, -0.2) is 4.57 Å². The van der Waals surface area contributed by atoms with Gasteiger partial charge in [0.15, 0.2) is 11.6 Å². The van der Waals surface area contributed by atoms with Crippen molar-refractivity contribution in [3.05, 3.63) is 126 Å². The predicted molar refractivity (Wildman–Crippen MR) is 195 cm³/mol. The number of benzene rings is 1. The number of aliphatic hydroxyl groups excluding tert-OH is 2. The van der Waals surface area contributed by atoms with Gasteiger partial charge < -0.3 is 35.3 Å². The van der Waals surface area contributed by atoms with Crippen molar-refractivity contribution in [2.75, 3.05) is 19.0 Å². The van der Waals surface area contributed by atoms with Crippen molar-refractivity contribution in [3.63, 3.8) is 0 Å². The number of anilines is 1. The summed E-state index contributed by atoms with van der Waals surface area (Å²) in [7, 11) is 5.99. The Kier molecular flexibility index (Phi) is 15.6. The van der Waals surface area contributed by atoms with Crippen LogP contribution >= 0.6 is 34.0 Å². The summed E-state index contributed by atoms with van der Waals surface area (Å²) in [6.45, 7) is 0. The van der Waals surface area contributed by atoms with Crippen LogP contribution in [0.3, 0.4) is 0 Å². The van der Waals surface area contributed by atoms with E-state index in [-0.39, 0.29) is 70.9 Å². The molecule has 0 fully saturated rings. The number of nitro groups is 2. The fourth-order valence-electron chi connectivity index (χ4n) is 3.49. The molecule has 2 aliphatic rings. The van der Waals surface area contributed by atoms with E-state index in [9.17, 15) is 40.0 Å². The van der Waals surface area contributed by atoms with Crippen molar-refractivity contribution in [1.82, 2.24) is 9.97 Å². The molecule has 2 aliphatic carbocycles. The quantitative estimate of drug-likeness (QED) is 0.0884. The number of aliphatic hydroxyl groups is 2. The van der Waals surface area contributed by atoms with E-state index in [1.54, 1.807) is 11.3 Å². The number of thiazole rings is 3. The third-order valence-corrected chi connectivity index (χ3v) is 8.58. The molecule has 24 heteroatoms. The van der Waals surface area contributed by atoms with Gasteiger partial charge in [0.25, 0.3) is 0 Å². The zero-order valence-corrected chi connectivity index (χ0v) is 31.3. The van der Waals surface area contributed by atoms with Gasteiger partial charge in [0.2, 0.25) is 0 Å². The molecule has 2 N–H and O–H groups in total. The molecule has 4 aromatic rings. The van der Waals surface area contributed by atoms with Crippen LogP contribution in [-0.4, -0.2) is 57.1 Å². The molecule has 1 radical (unpaired) electrons. The average molecular weight is 837 g/mol. The van der Waals surface area contributed by atoms with Gasteiger partial charge in [-0.05, 0) is 65.0 Å². The molecule has 54 heavy (non-hydrogen) atoms. The van der Waals surface area contributed by atoms with Crippen LogP contribution in [0.15, 0.2) is 127 Å². The summed E-state index contributed by atoms with van der Waals surface area (Å²) in [5, 5.41) is 65.1. The number of nitrogens with zero attached hydrogens (tertiary/aromatic N) is 12. The molecule has 281 valence electrons. The number of hydrogen-bond donors (Lipinski definition) is 2. The van der Waals surface area contributed by atoms with Gasteiger partial charge in [-0.2, -0.15) is 0 Å². The minimum Gasteiger partial charge on any atom is -0.506 e. The normalized spacial score (nSPS) is 15.6. The second-order valence-corrected chi connectivity index (χ2v) is 12.9. The van der Waals surface area contributed by atoms with Crippen LogP contribution in [0.5, 0.6) is 0 Å². The standard InChI is InChI=1S/C12H15N4S.2C9H6N4O4S.Co/c1-15(2)11-6-4-10(5-7-11)13-14-12-16(3)8-9-17-12;2*14-5-1-2-6(7(15)3-5)11-12-9-10-4-8(18-9)13(16)17;/h4-9H,1-3H3;2*1-4H,(H2,10,12,14,15);/q+1;;;/p-2. The largest absolute Gasteiger partial charge is 0.506 e. The Morgan fingerprint density at radius 3 is 1.61 bits per heavy atom. The van der Waals surface area contributed by atoms with Crippen molar-refractivity contribution < 1.29 is 51.0 Å². The number of carbonyl (C=O) groups is 2. The SMILES string of the molecule is CN(C)c1ccc(N=Nc2scc[n+]2C)cc1.O=C1C=CC(=NN=c2[n-]cc([N+](=O)[O-])s2)C(O)=C1.O=C1C=CC(=NN=c2[n-]cc([N+](=O)[O-])s2)C(O)=C1.[Co]. The van der Waals surface area contributed by atoms with Crippen LogP contribution in [0, 0.1) is 20.2 Å². The number of rotatable bonds is 7. The number of aryl methyl sites for hydroxylation is 1. The summed E-state index contributed by atoms with van der Waals surface area (Å²) in [5.41, 5.74) is 2.20. The van der Waals surface area contributed by atoms with E-state index in [0.29, 0.717) is 0 Å². The van der Waals surface area contributed by atoms with Gasteiger partial charge in [-0.1, -0.05) is 22.7 Å². The molecular weight excluding hydrogens is 812 g/mol. The molecular formula is C30H25CoN12O8S3-. The molecule has 3 aromatic heterocycles. The van der Waals surface area contributed by atoms with Gasteiger partial charge in [-0.3, -0.25) is 40.0 Å². The van der Waals surface area contributed by atoms with Gasteiger partial charge in [0.1, 0.15) is 34.8 Å². The van der Waals surface area contributed by atoms with Crippen molar-refractivity contribution in [1.29, 1.82) is 0 Å². The molecule has 0 unspecified atom stereocenters. The molecule has 0 atom stereocenters. The van der Waals surface area contributed by atoms with Crippen LogP contribution in [-0.2, 0) is 33.4 Å². The molecule has 20 nitrogen and oxygen atoms in total. The first kappa shape index (κ1) is 42.1. The monoisotopic (exact) mass is 836 g/mol. The van der Waals surface area contributed by atoms with Crippen LogP contribution < -0.4 is 29.0 Å².